The summed E-state index contributed by atoms with van der Waals surface area (Å²) in [5.41, 5.74) is 0.489. The van der Waals surface area contributed by atoms with Crippen LogP contribution in [0.25, 0.3) is 0 Å². The smallest absolute Gasteiger partial charge is 0.273 e. The van der Waals surface area contributed by atoms with Gasteiger partial charge < -0.3 is 4.74 Å². The predicted octanol–water partition coefficient (Wildman–Crippen LogP) is 5.18. The van der Waals surface area contributed by atoms with Crippen LogP contribution in [-0.4, -0.2) is 4.92 Å². The quantitative estimate of drug-likeness (QED) is 0.400. The van der Waals surface area contributed by atoms with Crippen LogP contribution >= 0.6 is 31.9 Å². The minimum absolute atomic E-state index is 0.0468. The molecule has 0 radical (unpaired) electrons. The summed E-state index contributed by atoms with van der Waals surface area (Å²) >= 11 is 6.47. The first-order chi connectivity index (χ1) is 9.52. The standard InChI is InChI=1S/C13H8Br2FNO3/c14-7-8-2-1-3-11(16)13(8)20-12-6-9(17(18)19)4-5-10(12)15/h1-6H,7H2. The highest BCUT2D eigenvalue weighted by Gasteiger charge is 2.15. The van der Waals surface area contributed by atoms with Crippen LogP contribution < -0.4 is 4.74 Å². The molecular formula is C13H8Br2FNO3. The summed E-state index contributed by atoms with van der Waals surface area (Å²) in [6.45, 7) is 0. The second-order valence-corrected chi connectivity index (χ2v) is 5.25. The molecule has 2 aromatic carbocycles. The number of nitro benzene ring substituents is 1. The molecule has 0 aromatic heterocycles. The lowest BCUT2D eigenvalue weighted by Crippen LogP contribution is -1.95. The number of nitrogens with zero attached hydrogens (tertiary/aromatic N) is 1. The second-order valence-electron chi connectivity index (χ2n) is 3.84. The number of nitro groups is 1. The van der Waals surface area contributed by atoms with E-state index >= 15 is 0 Å². The van der Waals surface area contributed by atoms with Crippen molar-refractivity contribution in [1.82, 2.24) is 0 Å². The van der Waals surface area contributed by atoms with E-state index in [9.17, 15) is 14.5 Å². The molecule has 0 bridgehead atoms. The first-order valence-corrected chi connectivity index (χ1v) is 7.39. The number of non-ortho nitro benzene ring substituents is 1. The molecule has 0 unspecified atom stereocenters. The Morgan fingerprint density at radius 3 is 2.70 bits per heavy atom. The van der Waals surface area contributed by atoms with Crippen LogP contribution in [0, 0.1) is 15.9 Å². The van der Waals surface area contributed by atoms with Gasteiger partial charge in [0.05, 0.1) is 15.5 Å². The lowest BCUT2D eigenvalue weighted by atomic mass is 10.2. The fraction of sp³-hybridized carbons (Fsp3) is 0.0769. The Morgan fingerprint density at radius 2 is 2.05 bits per heavy atom. The molecule has 0 fully saturated rings. The summed E-state index contributed by atoms with van der Waals surface area (Å²) in [7, 11) is 0. The number of halogens is 3. The molecule has 0 heterocycles. The summed E-state index contributed by atoms with van der Waals surface area (Å²) in [6, 6.07) is 8.62. The van der Waals surface area contributed by atoms with Crippen molar-refractivity contribution in [2.24, 2.45) is 0 Å². The minimum atomic E-state index is -0.536. The fourth-order valence-electron chi connectivity index (χ4n) is 1.57. The number of alkyl halides is 1. The number of hydrogen-bond donors (Lipinski definition) is 0. The summed E-state index contributed by atoms with van der Waals surface area (Å²) in [6.07, 6.45) is 0. The van der Waals surface area contributed by atoms with Crippen molar-refractivity contribution in [2.75, 3.05) is 0 Å². The predicted molar refractivity (Wildman–Crippen MR) is 79.9 cm³/mol. The zero-order valence-corrected chi connectivity index (χ0v) is 13.1. The Hall–Kier alpha value is -1.47. The lowest BCUT2D eigenvalue weighted by molar-refractivity contribution is -0.384. The Morgan fingerprint density at radius 1 is 1.30 bits per heavy atom. The minimum Gasteiger partial charge on any atom is -0.453 e. The third-order valence-electron chi connectivity index (χ3n) is 2.53. The van der Waals surface area contributed by atoms with Gasteiger partial charge in [0.1, 0.15) is 5.75 Å². The monoisotopic (exact) mass is 403 g/mol. The topological polar surface area (TPSA) is 52.4 Å². The number of para-hydroxylation sites is 1. The average Bonchev–Trinajstić information content (AvgIpc) is 2.42. The number of hydrogen-bond acceptors (Lipinski definition) is 3. The van der Waals surface area contributed by atoms with Gasteiger partial charge in [0.2, 0.25) is 0 Å². The first kappa shape index (κ1) is 14.9. The van der Waals surface area contributed by atoms with E-state index in [1.54, 1.807) is 12.1 Å². The van der Waals surface area contributed by atoms with Gasteiger partial charge >= 0.3 is 0 Å². The van der Waals surface area contributed by atoms with E-state index in [4.69, 9.17) is 4.74 Å². The molecule has 0 amide bonds. The summed E-state index contributed by atoms with van der Waals surface area (Å²) < 4.78 is 19.8. The van der Waals surface area contributed by atoms with Crippen molar-refractivity contribution in [1.29, 1.82) is 0 Å². The van der Waals surface area contributed by atoms with Gasteiger partial charge in [-0.1, -0.05) is 28.1 Å². The normalized spacial score (nSPS) is 10.3. The maximum absolute atomic E-state index is 13.8. The fourth-order valence-corrected chi connectivity index (χ4v) is 2.34. The van der Waals surface area contributed by atoms with Crippen LogP contribution in [0.2, 0.25) is 0 Å². The van der Waals surface area contributed by atoms with Gasteiger partial charge in [-0.15, -0.1) is 0 Å². The van der Waals surface area contributed by atoms with Crippen LogP contribution in [0.5, 0.6) is 11.5 Å². The highest BCUT2D eigenvalue weighted by Crippen LogP contribution is 2.36. The molecule has 2 aromatic rings. The molecule has 0 spiro atoms. The molecule has 0 atom stereocenters. The van der Waals surface area contributed by atoms with E-state index in [0.29, 0.717) is 15.4 Å². The van der Waals surface area contributed by atoms with E-state index in [1.165, 1.54) is 24.3 Å². The molecule has 4 nitrogen and oxygen atoms in total. The number of benzene rings is 2. The molecule has 0 aliphatic carbocycles. The van der Waals surface area contributed by atoms with Crippen molar-refractivity contribution in [2.45, 2.75) is 5.33 Å². The average molecular weight is 405 g/mol. The van der Waals surface area contributed by atoms with Crippen molar-refractivity contribution in [3.63, 3.8) is 0 Å². The SMILES string of the molecule is O=[N+]([O-])c1ccc(Br)c(Oc2c(F)cccc2CBr)c1. The lowest BCUT2D eigenvalue weighted by Gasteiger charge is -2.11. The molecule has 0 N–H and O–H groups in total. The Balaban J connectivity index is 2.44. The number of ether oxygens (including phenoxy) is 1. The molecule has 104 valence electrons. The third kappa shape index (κ3) is 3.16. The largest absolute Gasteiger partial charge is 0.453 e. The van der Waals surface area contributed by atoms with E-state index in [-0.39, 0.29) is 17.2 Å². The number of rotatable bonds is 4. The van der Waals surface area contributed by atoms with Gasteiger partial charge in [-0.3, -0.25) is 10.1 Å². The zero-order valence-electron chi connectivity index (χ0n) is 9.98. The molecular weight excluding hydrogens is 397 g/mol. The van der Waals surface area contributed by atoms with Crippen molar-refractivity contribution in [3.8, 4) is 11.5 Å². The zero-order chi connectivity index (χ0) is 14.7. The highest BCUT2D eigenvalue weighted by atomic mass is 79.9. The van der Waals surface area contributed by atoms with E-state index < -0.39 is 10.7 Å². The van der Waals surface area contributed by atoms with E-state index in [2.05, 4.69) is 31.9 Å². The second kappa shape index (κ2) is 6.32. The van der Waals surface area contributed by atoms with Gasteiger partial charge in [-0.25, -0.2) is 4.39 Å². The summed E-state index contributed by atoms with van der Waals surface area (Å²) in [5.74, 6) is -0.294. The van der Waals surface area contributed by atoms with Crippen molar-refractivity contribution >= 4 is 37.5 Å². The summed E-state index contributed by atoms with van der Waals surface area (Å²) in [5, 5.41) is 11.2. The molecule has 20 heavy (non-hydrogen) atoms. The Bertz CT molecular complexity index is 664. The van der Waals surface area contributed by atoms with Gasteiger partial charge in [0.25, 0.3) is 5.69 Å². The molecule has 0 saturated carbocycles. The van der Waals surface area contributed by atoms with Crippen LogP contribution in [0.3, 0.4) is 0 Å². The van der Waals surface area contributed by atoms with Gasteiger partial charge in [0.15, 0.2) is 11.6 Å². The molecule has 0 saturated heterocycles. The molecule has 7 heteroatoms. The molecule has 0 aliphatic heterocycles. The van der Waals surface area contributed by atoms with Crippen LogP contribution in [-0.2, 0) is 5.33 Å². The van der Waals surface area contributed by atoms with Gasteiger partial charge in [-0.2, -0.15) is 0 Å². The molecule has 2 rings (SSSR count). The maximum atomic E-state index is 13.8. The van der Waals surface area contributed by atoms with Gasteiger partial charge in [0, 0.05) is 17.0 Å². The Labute approximate surface area is 131 Å². The van der Waals surface area contributed by atoms with E-state index in [1.807, 2.05) is 0 Å². The first-order valence-electron chi connectivity index (χ1n) is 5.48. The van der Waals surface area contributed by atoms with Gasteiger partial charge in [-0.05, 0) is 28.1 Å². The maximum Gasteiger partial charge on any atom is 0.273 e. The van der Waals surface area contributed by atoms with Crippen LogP contribution in [0.4, 0.5) is 10.1 Å². The summed E-state index contributed by atoms with van der Waals surface area (Å²) in [4.78, 5) is 10.2. The van der Waals surface area contributed by atoms with Crippen LogP contribution in [0.1, 0.15) is 5.56 Å². The van der Waals surface area contributed by atoms with Crippen LogP contribution in [0.15, 0.2) is 40.9 Å². The third-order valence-corrected chi connectivity index (χ3v) is 3.79. The van der Waals surface area contributed by atoms with Crippen molar-refractivity contribution in [3.05, 3.63) is 62.4 Å². The van der Waals surface area contributed by atoms with Crippen molar-refractivity contribution < 1.29 is 14.1 Å². The van der Waals surface area contributed by atoms with E-state index in [0.717, 1.165) is 0 Å². The highest BCUT2D eigenvalue weighted by molar-refractivity contribution is 9.10. The molecule has 0 aliphatic rings. The Kier molecular flexibility index (Phi) is 4.72.